The van der Waals surface area contributed by atoms with Crippen LogP contribution in [-0.2, 0) is 6.54 Å². The number of hydrogen-bond acceptors (Lipinski definition) is 5. The third kappa shape index (κ3) is 2.27. The molecule has 0 spiro atoms. The molecule has 0 saturated heterocycles. The molecule has 0 fully saturated rings. The summed E-state index contributed by atoms with van der Waals surface area (Å²) in [6.45, 7) is 0.631. The molecular weight excluding hydrogens is 260 g/mol. The fourth-order valence-corrected chi connectivity index (χ4v) is 1.43. The van der Waals surface area contributed by atoms with Crippen molar-refractivity contribution in [2.75, 3.05) is 11.1 Å². The van der Waals surface area contributed by atoms with Gasteiger partial charge in [-0.05, 0) is 22.0 Å². The van der Waals surface area contributed by atoms with E-state index in [0.717, 1.165) is 5.56 Å². The van der Waals surface area contributed by atoms with Crippen LogP contribution in [0, 0.1) is 0 Å². The first kappa shape index (κ1) is 9.97. The van der Waals surface area contributed by atoms with E-state index in [2.05, 4.69) is 31.2 Å². The number of nitrogen functional groups attached to an aromatic ring is 1. The summed E-state index contributed by atoms with van der Waals surface area (Å²) in [6, 6.07) is 1.88. The molecule has 0 amide bonds. The van der Waals surface area contributed by atoms with Crippen molar-refractivity contribution in [1.82, 2.24) is 9.97 Å². The van der Waals surface area contributed by atoms with E-state index >= 15 is 0 Å². The topological polar surface area (TPSA) is 77.0 Å². The molecule has 0 aliphatic carbocycles. The highest BCUT2D eigenvalue weighted by Crippen LogP contribution is 2.24. The molecule has 0 aromatic carbocycles. The number of halogens is 1. The molecule has 0 bridgehead atoms. The predicted molar refractivity (Wildman–Crippen MR) is 60.2 cm³/mol. The van der Waals surface area contributed by atoms with E-state index in [9.17, 15) is 0 Å². The molecule has 2 aromatic rings. The molecule has 0 atom stereocenters. The fourth-order valence-electron chi connectivity index (χ4n) is 1.09. The molecular formula is C9H9BrN4O. The largest absolute Gasteiger partial charge is 0.472 e. The van der Waals surface area contributed by atoms with Crippen LogP contribution in [-0.4, -0.2) is 9.97 Å². The van der Waals surface area contributed by atoms with E-state index in [-0.39, 0.29) is 0 Å². The van der Waals surface area contributed by atoms with Crippen molar-refractivity contribution in [3.8, 4) is 0 Å². The predicted octanol–water partition coefficient (Wildman–Crippen LogP) is 2.03. The van der Waals surface area contributed by atoms with Crippen molar-refractivity contribution < 1.29 is 4.42 Å². The number of furan rings is 1. The average molecular weight is 269 g/mol. The Morgan fingerprint density at radius 1 is 1.47 bits per heavy atom. The van der Waals surface area contributed by atoms with Crippen LogP contribution in [0.5, 0.6) is 0 Å². The highest BCUT2D eigenvalue weighted by atomic mass is 79.9. The van der Waals surface area contributed by atoms with Crippen LogP contribution in [0.25, 0.3) is 0 Å². The number of nitrogens with one attached hydrogen (secondary N) is 1. The van der Waals surface area contributed by atoms with Crippen LogP contribution in [0.3, 0.4) is 0 Å². The smallest absolute Gasteiger partial charge is 0.146 e. The first-order valence-electron chi connectivity index (χ1n) is 4.28. The average Bonchev–Trinajstić information content (AvgIpc) is 2.73. The van der Waals surface area contributed by atoms with Gasteiger partial charge >= 0.3 is 0 Å². The van der Waals surface area contributed by atoms with Gasteiger partial charge in [-0.2, -0.15) is 0 Å². The Hall–Kier alpha value is -1.56. The highest BCUT2D eigenvalue weighted by Gasteiger charge is 2.05. The van der Waals surface area contributed by atoms with Gasteiger partial charge in [0.25, 0.3) is 0 Å². The second-order valence-electron chi connectivity index (χ2n) is 2.91. The minimum atomic E-state index is 0.416. The number of hydrogen-bond donors (Lipinski definition) is 2. The molecule has 0 aliphatic heterocycles. The van der Waals surface area contributed by atoms with Gasteiger partial charge in [-0.25, -0.2) is 9.97 Å². The summed E-state index contributed by atoms with van der Waals surface area (Å²) in [7, 11) is 0. The Balaban J connectivity index is 2.08. The van der Waals surface area contributed by atoms with Gasteiger partial charge in [0.2, 0.25) is 0 Å². The van der Waals surface area contributed by atoms with Crippen molar-refractivity contribution in [3.05, 3.63) is 35.0 Å². The van der Waals surface area contributed by atoms with Gasteiger partial charge in [0.1, 0.15) is 22.4 Å². The molecule has 2 heterocycles. The number of anilines is 2. The second-order valence-corrected chi connectivity index (χ2v) is 3.70. The van der Waals surface area contributed by atoms with Crippen LogP contribution in [0.4, 0.5) is 11.6 Å². The first-order chi connectivity index (χ1) is 7.27. The van der Waals surface area contributed by atoms with Gasteiger partial charge < -0.3 is 15.5 Å². The van der Waals surface area contributed by atoms with Crippen LogP contribution in [0.15, 0.2) is 33.8 Å². The monoisotopic (exact) mass is 268 g/mol. The van der Waals surface area contributed by atoms with Crippen molar-refractivity contribution in [2.45, 2.75) is 6.54 Å². The molecule has 0 unspecified atom stereocenters. The summed E-state index contributed by atoms with van der Waals surface area (Å²) in [4.78, 5) is 7.90. The van der Waals surface area contributed by atoms with Crippen LogP contribution >= 0.6 is 15.9 Å². The van der Waals surface area contributed by atoms with E-state index in [1.54, 1.807) is 12.5 Å². The zero-order valence-electron chi connectivity index (χ0n) is 7.77. The molecule has 3 N–H and O–H groups in total. The second kappa shape index (κ2) is 4.31. The minimum Gasteiger partial charge on any atom is -0.472 e. The van der Waals surface area contributed by atoms with Gasteiger partial charge in [0.05, 0.1) is 12.5 Å². The maximum Gasteiger partial charge on any atom is 0.146 e. The summed E-state index contributed by atoms with van der Waals surface area (Å²) in [5, 5.41) is 3.12. The maximum atomic E-state index is 5.61. The number of rotatable bonds is 3. The number of nitrogens with two attached hydrogens (primary N) is 1. The van der Waals surface area contributed by atoms with Gasteiger partial charge in [-0.3, -0.25) is 0 Å². The van der Waals surface area contributed by atoms with Gasteiger partial charge in [0, 0.05) is 12.1 Å². The van der Waals surface area contributed by atoms with Crippen LogP contribution in [0.2, 0.25) is 0 Å². The van der Waals surface area contributed by atoms with E-state index in [1.807, 2.05) is 6.07 Å². The van der Waals surface area contributed by atoms with E-state index < -0.39 is 0 Å². The summed E-state index contributed by atoms with van der Waals surface area (Å²) < 4.78 is 5.62. The molecule has 2 rings (SSSR count). The molecule has 2 aromatic heterocycles. The lowest BCUT2D eigenvalue weighted by Crippen LogP contribution is -2.03. The molecule has 0 aliphatic rings. The van der Waals surface area contributed by atoms with E-state index in [1.165, 1.54) is 6.33 Å². The van der Waals surface area contributed by atoms with Crippen molar-refractivity contribution in [3.63, 3.8) is 0 Å². The molecule has 5 nitrogen and oxygen atoms in total. The van der Waals surface area contributed by atoms with Crippen LogP contribution < -0.4 is 11.1 Å². The molecule has 0 radical (unpaired) electrons. The molecule has 15 heavy (non-hydrogen) atoms. The van der Waals surface area contributed by atoms with Gasteiger partial charge in [-0.15, -0.1) is 0 Å². The molecule has 6 heteroatoms. The molecule has 78 valence electrons. The Kier molecular flexibility index (Phi) is 2.86. The Morgan fingerprint density at radius 2 is 2.33 bits per heavy atom. The summed E-state index contributed by atoms with van der Waals surface area (Å²) in [6.07, 6.45) is 4.71. The Bertz CT molecular complexity index is 443. The lowest BCUT2D eigenvalue weighted by Gasteiger charge is -2.06. The van der Waals surface area contributed by atoms with Gasteiger partial charge in [0.15, 0.2) is 0 Å². The van der Waals surface area contributed by atoms with Crippen LogP contribution in [0.1, 0.15) is 5.56 Å². The highest BCUT2D eigenvalue weighted by molar-refractivity contribution is 9.10. The number of aromatic nitrogens is 2. The SMILES string of the molecule is Nc1ncnc(NCc2ccoc2)c1Br. The van der Waals surface area contributed by atoms with Gasteiger partial charge in [-0.1, -0.05) is 0 Å². The first-order valence-corrected chi connectivity index (χ1v) is 5.07. The van der Waals surface area contributed by atoms with Crippen molar-refractivity contribution in [1.29, 1.82) is 0 Å². The zero-order chi connectivity index (χ0) is 10.7. The quantitative estimate of drug-likeness (QED) is 0.891. The normalized spacial score (nSPS) is 10.2. The van der Waals surface area contributed by atoms with Crippen molar-refractivity contribution in [2.24, 2.45) is 0 Å². The summed E-state index contributed by atoms with van der Waals surface area (Å²) in [5.74, 6) is 1.09. The number of nitrogens with zero attached hydrogens (tertiary/aromatic N) is 2. The van der Waals surface area contributed by atoms with Crippen molar-refractivity contribution >= 4 is 27.6 Å². The summed E-state index contributed by atoms with van der Waals surface area (Å²) in [5.41, 5.74) is 6.65. The van der Waals surface area contributed by atoms with E-state index in [0.29, 0.717) is 22.7 Å². The fraction of sp³-hybridized carbons (Fsp3) is 0.111. The third-order valence-electron chi connectivity index (χ3n) is 1.86. The Labute approximate surface area is 94.8 Å². The lowest BCUT2D eigenvalue weighted by atomic mass is 10.3. The Morgan fingerprint density at radius 3 is 3.07 bits per heavy atom. The van der Waals surface area contributed by atoms with E-state index in [4.69, 9.17) is 10.2 Å². The third-order valence-corrected chi connectivity index (χ3v) is 2.64. The zero-order valence-corrected chi connectivity index (χ0v) is 9.36. The minimum absolute atomic E-state index is 0.416. The standard InChI is InChI=1S/C9H9BrN4O/c10-7-8(11)13-5-14-9(7)12-3-6-1-2-15-4-6/h1-2,4-5H,3H2,(H3,11,12,13,14). The summed E-state index contributed by atoms with van der Waals surface area (Å²) >= 11 is 3.31. The maximum absolute atomic E-state index is 5.61. The molecule has 0 saturated carbocycles. The lowest BCUT2D eigenvalue weighted by molar-refractivity contribution is 0.564.